The Kier molecular flexibility index (Phi) is 6.23. The Bertz CT molecular complexity index is 586. The average molecular weight is 332 g/mol. The number of nitrogens with one attached hydrogen (secondary N) is 1. The number of carbonyl (C=O) groups excluding carboxylic acids is 2. The van der Waals surface area contributed by atoms with E-state index < -0.39 is 6.04 Å². The summed E-state index contributed by atoms with van der Waals surface area (Å²) in [6.45, 7) is 9.13. The van der Waals surface area contributed by atoms with E-state index in [4.69, 9.17) is 4.74 Å². The van der Waals surface area contributed by atoms with Crippen LogP contribution in [0.3, 0.4) is 0 Å². The summed E-state index contributed by atoms with van der Waals surface area (Å²) in [7, 11) is 0. The minimum Gasteiger partial charge on any atom is -0.493 e. The van der Waals surface area contributed by atoms with E-state index in [1.807, 2.05) is 26.0 Å². The number of rotatable bonds is 6. The van der Waals surface area contributed by atoms with Crippen molar-refractivity contribution in [3.05, 3.63) is 29.8 Å². The Labute approximate surface area is 144 Å². The van der Waals surface area contributed by atoms with E-state index in [2.05, 4.69) is 19.2 Å². The highest BCUT2D eigenvalue weighted by Gasteiger charge is 2.36. The van der Waals surface area contributed by atoms with Crippen LogP contribution in [-0.2, 0) is 4.79 Å². The smallest absolute Gasteiger partial charge is 0.258 e. The number of amides is 2. The maximum atomic E-state index is 12.9. The number of carbonyl (C=O) groups is 2. The number of hydrogen-bond donors (Lipinski definition) is 1. The summed E-state index contributed by atoms with van der Waals surface area (Å²) in [4.78, 5) is 27.2. The molecular formula is C19H28N2O3. The summed E-state index contributed by atoms with van der Waals surface area (Å²) in [6, 6.07) is 6.92. The van der Waals surface area contributed by atoms with Gasteiger partial charge in [0.2, 0.25) is 5.91 Å². The summed E-state index contributed by atoms with van der Waals surface area (Å²) >= 11 is 0. The highest BCUT2D eigenvalue weighted by Crippen LogP contribution is 2.25. The van der Waals surface area contributed by atoms with Crippen LogP contribution in [-0.4, -0.2) is 41.9 Å². The van der Waals surface area contributed by atoms with Crippen LogP contribution in [0.25, 0.3) is 0 Å². The van der Waals surface area contributed by atoms with Crippen molar-refractivity contribution < 1.29 is 14.3 Å². The number of likely N-dealkylation sites (tertiary alicyclic amines) is 1. The van der Waals surface area contributed by atoms with E-state index >= 15 is 0 Å². The van der Waals surface area contributed by atoms with Crippen molar-refractivity contribution in [2.24, 2.45) is 5.92 Å². The molecule has 2 rings (SSSR count). The van der Waals surface area contributed by atoms with Crippen LogP contribution in [0.15, 0.2) is 24.3 Å². The topological polar surface area (TPSA) is 58.6 Å². The third-order valence-corrected chi connectivity index (χ3v) is 4.60. The largest absolute Gasteiger partial charge is 0.493 e. The van der Waals surface area contributed by atoms with Crippen molar-refractivity contribution in [3.8, 4) is 5.75 Å². The maximum absolute atomic E-state index is 12.9. The normalized spacial score (nSPS) is 18.5. The molecule has 0 radical (unpaired) electrons. The fraction of sp³-hybridized carbons (Fsp3) is 0.579. The molecule has 0 spiro atoms. The maximum Gasteiger partial charge on any atom is 0.258 e. The SMILES string of the molecule is CCOc1ccccc1C(=O)N1CCCC1C(=O)NC(C)C(C)C. The number of benzene rings is 1. The van der Waals surface area contributed by atoms with E-state index in [9.17, 15) is 9.59 Å². The summed E-state index contributed by atoms with van der Waals surface area (Å²) < 4.78 is 5.56. The molecule has 2 atom stereocenters. The molecule has 1 saturated heterocycles. The van der Waals surface area contributed by atoms with Gasteiger partial charge in [-0.1, -0.05) is 26.0 Å². The third-order valence-electron chi connectivity index (χ3n) is 4.60. The molecule has 1 aliphatic rings. The Hall–Kier alpha value is -2.04. The first-order valence-electron chi connectivity index (χ1n) is 8.78. The first-order valence-corrected chi connectivity index (χ1v) is 8.78. The van der Waals surface area contributed by atoms with Crippen molar-refractivity contribution in [2.75, 3.05) is 13.2 Å². The lowest BCUT2D eigenvalue weighted by Gasteiger charge is -2.27. The summed E-state index contributed by atoms with van der Waals surface area (Å²) in [6.07, 6.45) is 1.55. The van der Waals surface area contributed by atoms with Crippen LogP contribution >= 0.6 is 0 Å². The predicted octanol–water partition coefficient (Wildman–Crippen LogP) is 2.85. The second kappa shape index (κ2) is 8.18. The Morgan fingerprint density at radius 2 is 2.00 bits per heavy atom. The quantitative estimate of drug-likeness (QED) is 0.871. The van der Waals surface area contributed by atoms with Gasteiger partial charge in [0.25, 0.3) is 5.91 Å². The fourth-order valence-corrected chi connectivity index (χ4v) is 2.85. The number of para-hydroxylation sites is 1. The first kappa shape index (κ1) is 18.3. The molecule has 0 aliphatic carbocycles. The minimum absolute atomic E-state index is 0.0593. The van der Waals surface area contributed by atoms with Gasteiger partial charge in [0, 0.05) is 12.6 Å². The van der Waals surface area contributed by atoms with E-state index in [0.29, 0.717) is 36.8 Å². The molecule has 1 aromatic rings. The van der Waals surface area contributed by atoms with Gasteiger partial charge in [-0.3, -0.25) is 9.59 Å². The van der Waals surface area contributed by atoms with E-state index in [0.717, 1.165) is 6.42 Å². The summed E-state index contributed by atoms with van der Waals surface area (Å²) in [5, 5.41) is 3.03. The molecule has 1 aliphatic heterocycles. The van der Waals surface area contributed by atoms with Gasteiger partial charge in [0.1, 0.15) is 11.8 Å². The lowest BCUT2D eigenvalue weighted by Crippen LogP contribution is -2.49. The molecule has 24 heavy (non-hydrogen) atoms. The van der Waals surface area contributed by atoms with Gasteiger partial charge in [-0.2, -0.15) is 0 Å². The number of nitrogens with zero attached hydrogens (tertiary/aromatic N) is 1. The molecule has 1 fully saturated rings. The van der Waals surface area contributed by atoms with Crippen molar-refractivity contribution in [1.29, 1.82) is 0 Å². The van der Waals surface area contributed by atoms with Crippen LogP contribution < -0.4 is 10.1 Å². The Morgan fingerprint density at radius 3 is 2.67 bits per heavy atom. The van der Waals surface area contributed by atoms with Gasteiger partial charge >= 0.3 is 0 Å². The lowest BCUT2D eigenvalue weighted by molar-refractivity contribution is -0.125. The minimum atomic E-state index is -0.395. The van der Waals surface area contributed by atoms with Gasteiger partial charge in [0.15, 0.2) is 0 Å². The zero-order chi connectivity index (χ0) is 17.7. The van der Waals surface area contributed by atoms with Gasteiger partial charge in [0.05, 0.1) is 12.2 Å². The number of hydrogen-bond acceptors (Lipinski definition) is 3. The molecule has 2 amide bonds. The van der Waals surface area contributed by atoms with E-state index in [1.54, 1.807) is 17.0 Å². The van der Waals surface area contributed by atoms with Crippen LogP contribution in [0, 0.1) is 5.92 Å². The van der Waals surface area contributed by atoms with Crippen molar-refractivity contribution in [3.63, 3.8) is 0 Å². The molecule has 0 aromatic heterocycles. The van der Waals surface area contributed by atoms with Crippen LogP contribution in [0.4, 0.5) is 0 Å². The first-order chi connectivity index (χ1) is 11.5. The van der Waals surface area contributed by atoms with Crippen LogP contribution in [0.5, 0.6) is 5.75 Å². The van der Waals surface area contributed by atoms with Gasteiger partial charge in [-0.15, -0.1) is 0 Å². The van der Waals surface area contributed by atoms with Crippen molar-refractivity contribution in [1.82, 2.24) is 10.2 Å². The third kappa shape index (κ3) is 4.08. The second-order valence-corrected chi connectivity index (χ2v) is 6.63. The highest BCUT2D eigenvalue weighted by molar-refractivity contribution is 6.00. The summed E-state index contributed by atoms with van der Waals surface area (Å²) in [5.41, 5.74) is 0.524. The monoisotopic (exact) mass is 332 g/mol. The molecule has 5 nitrogen and oxygen atoms in total. The Morgan fingerprint density at radius 1 is 1.29 bits per heavy atom. The fourth-order valence-electron chi connectivity index (χ4n) is 2.85. The standard InChI is InChI=1S/C19H28N2O3/c1-5-24-17-11-7-6-9-15(17)19(23)21-12-8-10-16(21)18(22)20-14(4)13(2)3/h6-7,9,11,13-14,16H,5,8,10,12H2,1-4H3,(H,20,22). The molecule has 0 bridgehead atoms. The zero-order valence-electron chi connectivity index (χ0n) is 15.0. The molecule has 1 N–H and O–H groups in total. The van der Waals surface area contributed by atoms with Gasteiger partial charge < -0.3 is 15.0 Å². The van der Waals surface area contributed by atoms with E-state index in [1.165, 1.54) is 0 Å². The molecule has 5 heteroatoms. The Balaban J connectivity index is 2.15. The molecule has 2 unspecified atom stereocenters. The van der Waals surface area contributed by atoms with Gasteiger partial charge in [-0.05, 0) is 44.7 Å². The molecule has 1 aromatic carbocycles. The van der Waals surface area contributed by atoms with Gasteiger partial charge in [-0.25, -0.2) is 0 Å². The molecule has 0 saturated carbocycles. The molecule has 1 heterocycles. The van der Waals surface area contributed by atoms with Crippen molar-refractivity contribution in [2.45, 2.75) is 52.6 Å². The lowest BCUT2D eigenvalue weighted by atomic mass is 10.1. The van der Waals surface area contributed by atoms with Crippen molar-refractivity contribution >= 4 is 11.8 Å². The van der Waals surface area contributed by atoms with Crippen LogP contribution in [0.1, 0.15) is 50.9 Å². The molecular weight excluding hydrogens is 304 g/mol. The van der Waals surface area contributed by atoms with E-state index in [-0.39, 0.29) is 17.9 Å². The second-order valence-electron chi connectivity index (χ2n) is 6.63. The average Bonchev–Trinajstić information content (AvgIpc) is 3.04. The van der Waals surface area contributed by atoms with Crippen LogP contribution in [0.2, 0.25) is 0 Å². The predicted molar refractivity (Wildman–Crippen MR) is 94.1 cm³/mol. The summed E-state index contributed by atoms with van der Waals surface area (Å²) in [5.74, 6) is 0.745. The zero-order valence-corrected chi connectivity index (χ0v) is 15.0. The molecule has 132 valence electrons. The number of ether oxygens (including phenoxy) is 1. The highest BCUT2D eigenvalue weighted by atomic mass is 16.5.